The average Bonchev–Trinajstić information content (AvgIpc) is 2.96. The maximum absolute atomic E-state index is 5.72. The highest BCUT2D eigenvalue weighted by atomic mass is 15.2. The minimum absolute atomic E-state index is 0.0673. The molecule has 0 aliphatic carbocycles. The number of hydrogen-bond donors (Lipinski definition) is 2. The van der Waals surface area contributed by atoms with Crippen molar-refractivity contribution in [3.63, 3.8) is 0 Å². The fraction of sp³-hybridized carbons (Fsp3) is 0.118. The summed E-state index contributed by atoms with van der Waals surface area (Å²) in [6.07, 6.45) is 3.60. The number of rotatable bonds is 4. The van der Waals surface area contributed by atoms with E-state index >= 15 is 0 Å². The Morgan fingerprint density at radius 3 is 2.24 bits per heavy atom. The molecule has 0 amide bonds. The molecule has 0 aliphatic heterocycles. The zero-order valence-electron chi connectivity index (χ0n) is 11.9. The fourth-order valence-corrected chi connectivity index (χ4v) is 2.50. The molecule has 0 saturated heterocycles. The van der Waals surface area contributed by atoms with E-state index in [0.29, 0.717) is 0 Å². The SMILES string of the molecule is Cn1cncc1C(NN)c1ccc(-c2ccccc2)cc1. The van der Waals surface area contributed by atoms with Crippen molar-refractivity contribution in [2.45, 2.75) is 6.04 Å². The summed E-state index contributed by atoms with van der Waals surface area (Å²) in [4.78, 5) is 4.15. The van der Waals surface area contributed by atoms with Crippen molar-refractivity contribution in [1.29, 1.82) is 0 Å². The van der Waals surface area contributed by atoms with Crippen molar-refractivity contribution in [3.05, 3.63) is 78.4 Å². The lowest BCUT2D eigenvalue weighted by Crippen LogP contribution is -2.30. The quantitative estimate of drug-likeness (QED) is 0.570. The van der Waals surface area contributed by atoms with Crippen LogP contribution in [0.25, 0.3) is 11.1 Å². The minimum Gasteiger partial charge on any atom is -0.336 e. The first-order valence-electron chi connectivity index (χ1n) is 6.87. The van der Waals surface area contributed by atoms with E-state index in [4.69, 9.17) is 5.84 Å². The summed E-state index contributed by atoms with van der Waals surface area (Å²) in [6, 6.07) is 18.7. The third-order valence-electron chi connectivity index (χ3n) is 3.67. The van der Waals surface area contributed by atoms with Gasteiger partial charge in [0.15, 0.2) is 0 Å². The number of imidazole rings is 1. The highest BCUT2D eigenvalue weighted by Gasteiger charge is 2.15. The first-order chi connectivity index (χ1) is 10.3. The minimum atomic E-state index is -0.0673. The van der Waals surface area contributed by atoms with E-state index in [1.54, 1.807) is 6.33 Å². The molecule has 0 fully saturated rings. The van der Waals surface area contributed by atoms with Gasteiger partial charge in [-0.3, -0.25) is 5.84 Å². The van der Waals surface area contributed by atoms with E-state index < -0.39 is 0 Å². The number of hydrogen-bond acceptors (Lipinski definition) is 3. The third kappa shape index (κ3) is 2.72. The van der Waals surface area contributed by atoms with Crippen molar-refractivity contribution in [2.75, 3.05) is 0 Å². The molecule has 21 heavy (non-hydrogen) atoms. The Morgan fingerprint density at radius 2 is 1.67 bits per heavy atom. The van der Waals surface area contributed by atoms with Gasteiger partial charge in [-0.1, -0.05) is 54.6 Å². The number of hydrazine groups is 1. The van der Waals surface area contributed by atoms with Crippen molar-refractivity contribution >= 4 is 0 Å². The van der Waals surface area contributed by atoms with Crippen molar-refractivity contribution in [3.8, 4) is 11.1 Å². The zero-order chi connectivity index (χ0) is 14.7. The third-order valence-corrected chi connectivity index (χ3v) is 3.67. The molecule has 0 aliphatic rings. The standard InChI is InChI=1S/C17H18N4/c1-21-12-19-11-16(21)17(20-18)15-9-7-14(8-10-15)13-5-3-2-4-6-13/h2-12,17,20H,18H2,1H3. The number of nitrogens with zero attached hydrogens (tertiary/aromatic N) is 2. The summed E-state index contributed by atoms with van der Waals surface area (Å²) in [5.74, 6) is 5.72. The summed E-state index contributed by atoms with van der Waals surface area (Å²) in [5.41, 5.74) is 7.41. The molecule has 1 heterocycles. The Bertz CT molecular complexity index is 701. The second-order valence-electron chi connectivity index (χ2n) is 5.02. The average molecular weight is 278 g/mol. The number of aryl methyl sites for hydroxylation is 1. The van der Waals surface area contributed by atoms with Crippen LogP contribution in [0.4, 0.5) is 0 Å². The van der Waals surface area contributed by atoms with Crippen molar-refractivity contribution in [1.82, 2.24) is 15.0 Å². The maximum Gasteiger partial charge on any atom is 0.0946 e. The molecule has 0 radical (unpaired) electrons. The van der Waals surface area contributed by atoms with Crippen LogP contribution in [-0.2, 0) is 7.05 Å². The van der Waals surface area contributed by atoms with Gasteiger partial charge in [-0.25, -0.2) is 10.4 Å². The molecule has 106 valence electrons. The molecule has 1 aromatic heterocycles. The van der Waals surface area contributed by atoms with E-state index in [1.165, 1.54) is 11.1 Å². The number of nitrogens with one attached hydrogen (secondary N) is 1. The monoisotopic (exact) mass is 278 g/mol. The Balaban J connectivity index is 1.91. The van der Waals surface area contributed by atoms with E-state index in [-0.39, 0.29) is 6.04 Å². The van der Waals surface area contributed by atoms with Crippen LogP contribution >= 0.6 is 0 Å². The lowest BCUT2D eigenvalue weighted by molar-refractivity contribution is 0.597. The van der Waals surface area contributed by atoms with Gasteiger partial charge >= 0.3 is 0 Å². The van der Waals surface area contributed by atoms with Gasteiger partial charge in [0.05, 0.1) is 24.3 Å². The lowest BCUT2D eigenvalue weighted by Gasteiger charge is -2.17. The Labute approximate surface area is 124 Å². The van der Waals surface area contributed by atoms with Gasteiger partial charge in [0.25, 0.3) is 0 Å². The fourth-order valence-electron chi connectivity index (χ4n) is 2.50. The van der Waals surface area contributed by atoms with Crippen LogP contribution in [0, 0.1) is 0 Å². The molecule has 3 aromatic rings. The first kappa shape index (κ1) is 13.5. The molecule has 3 N–H and O–H groups in total. The normalized spacial score (nSPS) is 12.3. The smallest absolute Gasteiger partial charge is 0.0946 e. The molecule has 2 aromatic carbocycles. The van der Waals surface area contributed by atoms with E-state index in [0.717, 1.165) is 11.3 Å². The van der Waals surface area contributed by atoms with Gasteiger partial charge in [-0.2, -0.15) is 0 Å². The van der Waals surface area contributed by atoms with Crippen LogP contribution in [0.5, 0.6) is 0 Å². The number of nitrogens with two attached hydrogens (primary N) is 1. The Hall–Kier alpha value is -2.43. The van der Waals surface area contributed by atoms with Crippen LogP contribution in [0.2, 0.25) is 0 Å². The molecule has 3 rings (SSSR count). The summed E-state index contributed by atoms with van der Waals surface area (Å²) in [5, 5.41) is 0. The van der Waals surface area contributed by atoms with E-state index in [1.807, 2.05) is 36.0 Å². The predicted molar refractivity (Wildman–Crippen MR) is 84.3 cm³/mol. The zero-order valence-corrected chi connectivity index (χ0v) is 11.9. The molecular formula is C17H18N4. The first-order valence-corrected chi connectivity index (χ1v) is 6.87. The van der Waals surface area contributed by atoms with E-state index in [9.17, 15) is 0 Å². The molecule has 1 atom stereocenters. The van der Waals surface area contributed by atoms with Crippen LogP contribution in [0.3, 0.4) is 0 Å². The Morgan fingerprint density at radius 1 is 1.00 bits per heavy atom. The highest BCUT2D eigenvalue weighted by Crippen LogP contribution is 2.24. The van der Waals surface area contributed by atoms with Crippen LogP contribution in [0.15, 0.2) is 67.1 Å². The van der Waals surface area contributed by atoms with Crippen LogP contribution in [0.1, 0.15) is 17.3 Å². The molecule has 1 unspecified atom stereocenters. The summed E-state index contributed by atoms with van der Waals surface area (Å²) >= 11 is 0. The molecule has 0 spiro atoms. The van der Waals surface area contributed by atoms with E-state index in [2.05, 4.69) is 46.8 Å². The molecule has 0 bridgehead atoms. The predicted octanol–water partition coefficient (Wildman–Crippen LogP) is 2.64. The highest BCUT2D eigenvalue weighted by molar-refractivity contribution is 5.63. The summed E-state index contributed by atoms with van der Waals surface area (Å²) in [7, 11) is 1.96. The van der Waals surface area contributed by atoms with Gasteiger partial charge in [0.1, 0.15) is 0 Å². The second kappa shape index (κ2) is 5.91. The molecule has 0 saturated carbocycles. The number of aromatic nitrogens is 2. The number of benzene rings is 2. The maximum atomic E-state index is 5.72. The van der Waals surface area contributed by atoms with Crippen molar-refractivity contribution in [2.24, 2.45) is 12.9 Å². The van der Waals surface area contributed by atoms with Crippen molar-refractivity contribution < 1.29 is 0 Å². The van der Waals surface area contributed by atoms with Gasteiger partial charge < -0.3 is 4.57 Å². The molecular weight excluding hydrogens is 260 g/mol. The Kier molecular flexibility index (Phi) is 3.81. The molecule has 4 heteroatoms. The van der Waals surface area contributed by atoms with Crippen LogP contribution in [-0.4, -0.2) is 9.55 Å². The van der Waals surface area contributed by atoms with Gasteiger partial charge in [0.2, 0.25) is 0 Å². The molecule has 4 nitrogen and oxygen atoms in total. The summed E-state index contributed by atoms with van der Waals surface area (Å²) in [6.45, 7) is 0. The van der Waals surface area contributed by atoms with Crippen LogP contribution < -0.4 is 11.3 Å². The lowest BCUT2D eigenvalue weighted by atomic mass is 9.99. The largest absolute Gasteiger partial charge is 0.336 e. The summed E-state index contributed by atoms with van der Waals surface area (Å²) < 4.78 is 1.97. The van der Waals surface area contributed by atoms with Gasteiger partial charge in [0, 0.05) is 7.05 Å². The van der Waals surface area contributed by atoms with Gasteiger partial charge in [-0.15, -0.1) is 0 Å². The van der Waals surface area contributed by atoms with Gasteiger partial charge in [-0.05, 0) is 16.7 Å². The topological polar surface area (TPSA) is 55.9 Å². The second-order valence-corrected chi connectivity index (χ2v) is 5.02.